The molecule has 0 aliphatic carbocycles. The molecule has 1 fully saturated rings. The second kappa shape index (κ2) is 9.67. The summed E-state index contributed by atoms with van der Waals surface area (Å²) >= 11 is 1.32. The zero-order valence-corrected chi connectivity index (χ0v) is 20.1. The highest BCUT2D eigenvalue weighted by atomic mass is 32.2. The summed E-state index contributed by atoms with van der Waals surface area (Å²) in [7, 11) is -3.94. The van der Waals surface area contributed by atoms with Crippen LogP contribution in [0.5, 0.6) is 0 Å². The minimum atomic E-state index is -4.55. The van der Waals surface area contributed by atoms with E-state index >= 15 is 0 Å². The largest absolute Gasteiger partial charge is 0.480 e. The Morgan fingerprint density at radius 1 is 1.20 bits per heavy atom. The number of oxazole rings is 1. The SMILES string of the molecule is Cc1oc(-c2ccccc2C(F)(F)F)nc1CSc1ccc(S(=O)(=O)N2CCC[C@@H]2C(=O)O)cc1. The molecule has 4 rings (SSSR count). The van der Waals surface area contributed by atoms with E-state index in [4.69, 9.17) is 4.42 Å². The Bertz CT molecular complexity index is 1340. The number of nitrogens with zero attached hydrogens (tertiary/aromatic N) is 2. The van der Waals surface area contributed by atoms with Crippen molar-refractivity contribution in [3.05, 3.63) is 65.5 Å². The van der Waals surface area contributed by atoms with Crippen LogP contribution in [0.1, 0.15) is 29.9 Å². The summed E-state index contributed by atoms with van der Waals surface area (Å²) < 4.78 is 72.3. The highest BCUT2D eigenvalue weighted by Crippen LogP contribution is 2.37. The van der Waals surface area contributed by atoms with Gasteiger partial charge in [0.25, 0.3) is 0 Å². The van der Waals surface area contributed by atoms with Crippen LogP contribution in [0.3, 0.4) is 0 Å². The summed E-state index contributed by atoms with van der Waals surface area (Å²) in [6, 6.07) is 10.0. The molecule has 1 N–H and O–H groups in total. The molecular formula is C23H21F3N2O5S2. The van der Waals surface area contributed by atoms with Crippen LogP contribution in [-0.2, 0) is 26.7 Å². The molecule has 2 aromatic carbocycles. The maximum Gasteiger partial charge on any atom is 0.417 e. The van der Waals surface area contributed by atoms with Gasteiger partial charge in [0.15, 0.2) is 0 Å². The molecule has 1 atom stereocenters. The van der Waals surface area contributed by atoms with Crippen LogP contribution in [0, 0.1) is 6.92 Å². The number of aromatic nitrogens is 1. The van der Waals surface area contributed by atoms with Crippen LogP contribution in [0.15, 0.2) is 62.7 Å². The van der Waals surface area contributed by atoms with E-state index in [2.05, 4.69) is 4.98 Å². The fourth-order valence-corrected chi connectivity index (χ4v) is 6.41. The molecular weight excluding hydrogens is 505 g/mol. The van der Waals surface area contributed by atoms with Gasteiger partial charge in [0, 0.05) is 22.8 Å². The first-order valence-electron chi connectivity index (χ1n) is 10.6. The Labute approximate surface area is 204 Å². The van der Waals surface area contributed by atoms with Crippen molar-refractivity contribution in [2.45, 2.75) is 47.5 Å². The van der Waals surface area contributed by atoms with Crippen molar-refractivity contribution < 1.29 is 35.9 Å². The van der Waals surface area contributed by atoms with Crippen molar-refractivity contribution in [3.8, 4) is 11.5 Å². The quantitative estimate of drug-likeness (QED) is 0.423. The first-order chi connectivity index (χ1) is 16.5. The Morgan fingerprint density at radius 3 is 2.54 bits per heavy atom. The fourth-order valence-electron chi connectivity index (χ4n) is 3.86. The van der Waals surface area contributed by atoms with E-state index in [9.17, 15) is 31.5 Å². The molecule has 3 aromatic rings. The van der Waals surface area contributed by atoms with E-state index in [1.165, 1.54) is 42.1 Å². The Kier molecular flexibility index (Phi) is 6.98. The lowest BCUT2D eigenvalue weighted by Crippen LogP contribution is -2.40. The molecule has 0 radical (unpaired) electrons. The van der Waals surface area contributed by atoms with Crippen LogP contribution < -0.4 is 0 Å². The monoisotopic (exact) mass is 526 g/mol. The number of carboxylic acids is 1. The lowest BCUT2D eigenvalue weighted by Gasteiger charge is -2.21. The van der Waals surface area contributed by atoms with E-state index in [1.807, 2.05) is 0 Å². The van der Waals surface area contributed by atoms with Gasteiger partial charge in [0.1, 0.15) is 11.8 Å². The normalized spacial score (nSPS) is 17.1. The lowest BCUT2D eigenvalue weighted by molar-refractivity contribution is -0.140. The zero-order chi connectivity index (χ0) is 25.4. The number of alkyl halides is 3. The summed E-state index contributed by atoms with van der Waals surface area (Å²) in [5.41, 5.74) is -0.504. The summed E-state index contributed by atoms with van der Waals surface area (Å²) in [6.07, 6.45) is -3.79. The van der Waals surface area contributed by atoms with Crippen LogP contribution >= 0.6 is 11.8 Å². The van der Waals surface area contributed by atoms with E-state index in [1.54, 1.807) is 19.1 Å². The molecule has 2 heterocycles. The standard InChI is InChI=1S/C23H21F3N2O5S2/c1-14-19(27-21(33-14)17-5-2-3-6-18(17)23(24,25)26)13-34-15-8-10-16(11-9-15)35(31,32)28-12-4-7-20(28)22(29)30/h2-3,5-6,8-11,20H,4,7,12-13H2,1H3,(H,29,30)/t20-/m1/s1. The van der Waals surface area contributed by atoms with E-state index < -0.39 is 33.8 Å². The predicted molar refractivity (Wildman–Crippen MR) is 122 cm³/mol. The molecule has 1 aromatic heterocycles. The Hall–Kier alpha value is -2.83. The second-order valence-corrected chi connectivity index (χ2v) is 10.9. The summed E-state index contributed by atoms with van der Waals surface area (Å²) in [5.74, 6) is -0.607. The first kappa shape index (κ1) is 25.3. The zero-order valence-electron chi connectivity index (χ0n) is 18.4. The van der Waals surface area contributed by atoms with E-state index in [0.29, 0.717) is 28.5 Å². The molecule has 0 unspecified atom stereocenters. The van der Waals surface area contributed by atoms with Crippen molar-refractivity contribution in [1.82, 2.24) is 9.29 Å². The molecule has 35 heavy (non-hydrogen) atoms. The van der Waals surface area contributed by atoms with Crippen LogP contribution in [-0.4, -0.2) is 41.4 Å². The van der Waals surface area contributed by atoms with Crippen molar-refractivity contribution in [1.29, 1.82) is 0 Å². The van der Waals surface area contributed by atoms with Gasteiger partial charge in [-0.2, -0.15) is 17.5 Å². The van der Waals surface area contributed by atoms with Gasteiger partial charge in [-0.15, -0.1) is 11.8 Å². The van der Waals surface area contributed by atoms with Crippen LogP contribution in [0.2, 0.25) is 0 Å². The number of hydrogen-bond acceptors (Lipinski definition) is 6. The molecule has 1 aliphatic rings. The van der Waals surface area contributed by atoms with Crippen molar-refractivity contribution in [3.63, 3.8) is 0 Å². The fraction of sp³-hybridized carbons (Fsp3) is 0.304. The van der Waals surface area contributed by atoms with Gasteiger partial charge in [-0.25, -0.2) is 13.4 Å². The highest BCUT2D eigenvalue weighted by molar-refractivity contribution is 7.98. The number of benzene rings is 2. The topological polar surface area (TPSA) is 101 Å². The number of halogens is 3. The first-order valence-corrected chi connectivity index (χ1v) is 13.0. The van der Waals surface area contributed by atoms with Gasteiger partial charge < -0.3 is 9.52 Å². The number of thioether (sulfide) groups is 1. The van der Waals surface area contributed by atoms with E-state index in [-0.39, 0.29) is 29.3 Å². The molecule has 0 bridgehead atoms. The van der Waals surface area contributed by atoms with Crippen LogP contribution in [0.25, 0.3) is 11.5 Å². The maximum atomic E-state index is 13.3. The molecule has 7 nitrogen and oxygen atoms in total. The molecule has 1 aliphatic heterocycles. The van der Waals surface area contributed by atoms with E-state index in [0.717, 1.165) is 10.4 Å². The number of carbonyl (C=O) groups is 1. The third-order valence-corrected chi connectivity index (χ3v) is 8.60. The molecule has 0 amide bonds. The molecule has 0 saturated carbocycles. The number of sulfonamides is 1. The Morgan fingerprint density at radius 2 is 1.89 bits per heavy atom. The second-order valence-electron chi connectivity index (χ2n) is 7.94. The van der Waals surface area contributed by atoms with Gasteiger partial charge in [0.05, 0.1) is 16.2 Å². The number of carboxylic acid groups (broad SMARTS) is 1. The minimum absolute atomic E-state index is 0.00124. The summed E-state index contributed by atoms with van der Waals surface area (Å²) in [5, 5.41) is 9.29. The highest BCUT2D eigenvalue weighted by Gasteiger charge is 2.39. The Balaban J connectivity index is 1.48. The average Bonchev–Trinajstić information content (AvgIpc) is 3.45. The van der Waals surface area contributed by atoms with Crippen molar-refractivity contribution in [2.24, 2.45) is 0 Å². The number of hydrogen-bond donors (Lipinski definition) is 1. The van der Waals surface area contributed by atoms with Gasteiger partial charge in [-0.05, 0) is 56.2 Å². The number of rotatable bonds is 7. The van der Waals surface area contributed by atoms with Crippen LogP contribution in [0.4, 0.5) is 13.2 Å². The van der Waals surface area contributed by atoms with Gasteiger partial charge in [-0.1, -0.05) is 12.1 Å². The van der Waals surface area contributed by atoms with Gasteiger partial charge in [0.2, 0.25) is 15.9 Å². The van der Waals surface area contributed by atoms with Crippen molar-refractivity contribution >= 4 is 27.8 Å². The maximum absolute atomic E-state index is 13.3. The number of aryl methyl sites for hydroxylation is 1. The molecule has 186 valence electrons. The molecule has 12 heteroatoms. The third kappa shape index (κ3) is 5.24. The summed E-state index contributed by atoms with van der Waals surface area (Å²) in [4.78, 5) is 16.3. The van der Waals surface area contributed by atoms with Gasteiger partial charge in [-0.3, -0.25) is 4.79 Å². The third-order valence-electron chi connectivity index (χ3n) is 5.65. The van der Waals surface area contributed by atoms with Gasteiger partial charge >= 0.3 is 12.1 Å². The predicted octanol–water partition coefficient (Wildman–Crippen LogP) is 5.20. The lowest BCUT2D eigenvalue weighted by atomic mass is 10.1. The summed E-state index contributed by atoms with van der Waals surface area (Å²) in [6.45, 7) is 1.77. The minimum Gasteiger partial charge on any atom is -0.480 e. The molecule has 0 spiro atoms. The number of aliphatic carboxylic acids is 1. The average molecular weight is 527 g/mol. The van der Waals surface area contributed by atoms with Crippen molar-refractivity contribution in [2.75, 3.05) is 6.54 Å². The molecule has 1 saturated heterocycles. The smallest absolute Gasteiger partial charge is 0.417 e.